The van der Waals surface area contributed by atoms with Crippen molar-refractivity contribution in [2.45, 2.75) is 31.9 Å². The van der Waals surface area contributed by atoms with E-state index in [0.29, 0.717) is 41.8 Å². The molecule has 1 aliphatic carbocycles. The Kier molecular flexibility index (Phi) is 5.95. The lowest BCUT2D eigenvalue weighted by Gasteiger charge is -2.26. The molecule has 0 bridgehead atoms. The number of hydrogen-bond donors (Lipinski definition) is 1. The molecule has 0 radical (unpaired) electrons. The summed E-state index contributed by atoms with van der Waals surface area (Å²) < 4.78 is 8.59. The van der Waals surface area contributed by atoms with E-state index >= 15 is 0 Å². The molecule has 170 valence electrons. The minimum Gasteiger partial charge on any atom is -0.483 e. The summed E-state index contributed by atoms with van der Waals surface area (Å²) in [5, 5.41) is 9.89. The molecule has 5 rings (SSSR count). The van der Waals surface area contributed by atoms with Crippen molar-refractivity contribution in [2.75, 3.05) is 0 Å². The lowest BCUT2D eigenvalue weighted by Crippen LogP contribution is -2.17. The van der Waals surface area contributed by atoms with Crippen LogP contribution in [0.25, 0.3) is 11.1 Å². The Morgan fingerprint density at radius 2 is 1.79 bits per heavy atom. The largest absolute Gasteiger partial charge is 0.483 e. The van der Waals surface area contributed by atoms with Crippen LogP contribution in [-0.2, 0) is 13.0 Å². The quantitative estimate of drug-likeness (QED) is 0.395. The first-order valence-electron chi connectivity index (χ1n) is 11.3. The number of rotatable bonds is 7. The summed E-state index contributed by atoms with van der Waals surface area (Å²) in [4.78, 5) is 28.9. The Morgan fingerprint density at radius 3 is 2.56 bits per heavy atom. The minimum absolute atomic E-state index is 0.0832. The van der Waals surface area contributed by atoms with Crippen molar-refractivity contribution in [3.8, 4) is 16.9 Å². The van der Waals surface area contributed by atoms with Gasteiger partial charge in [0.1, 0.15) is 11.9 Å². The molecular weight excluding hydrogens is 428 g/mol. The molecule has 0 fully saturated rings. The average Bonchev–Trinajstić information content (AvgIpc) is 3.37. The van der Waals surface area contributed by atoms with Gasteiger partial charge in [0, 0.05) is 35.5 Å². The van der Waals surface area contributed by atoms with E-state index in [1.807, 2.05) is 53.2 Å². The van der Waals surface area contributed by atoms with E-state index in [2.05, 4.69) is 4.98 Å². The lowest BCUT2D eigenvalue weighted by atomic mass is 9.83. The average molecular weight is 453 g/mol. The van der Waals surface area contributed by atoms with Crippen LogP contribution in [0.5, 0.6) is 5.75 Å². The van der Waals surface area contributed by atoms with Crippen molar-refractivity contribution in [1.82, 2.24) is 9.55 Å². The number of carboxylic acids is 1. The Hall–Kier alpha value is -4.19. The predicted molar refractivity (Wildman–Crippen MR) is 128 cm³/mol. The molecule has 1 atom stereocenters. The molecular formula is C28H24N2O4. The van der Waals surface area contributed by atoms with Crippen LogP contribution >= 0.6 is 0 Å². The zero-order chi connectivity index (χ0) is 23.5. The molecule has 6 heteroatoms. The first kappa shape index (κ1) is 21.6. The summed E-state index contributed by atoms with van der Waals surface area (Å²) in [6, 6.07) is 20.4. The molecule has 4 aromatic rings. The number of ether oxygens (including phenoxy) is 1. The maximum Gasteiger partial charge on any atom is 0.336 e. The fourth-order valence-electron chi connectivity index (χ4n) is 4.61. The van der Waals surface area contributed by atoms with Crippen molar-refractivity contribution in [2.24, 2.45) is 0 Å². The van der Waals surface area contributed by atoms with E-state index in [-0.39, 0.29) is 17.5 Å². The molecule has 1 heterocycles. The van der Waals surface area contributed by atoms with Crippen LogP contribution in [0.2, 0.25) is 0 Å². The maximum absolute atomic E-state index is 12.7. The third-order valence-corrected chi connectivity index (χ3v) is 6.21. The van der Waals surface area contributed by atoms with Gasteiger partial charge in [-0.1, -0.05) is 48.5 Å². The molecule has 0 amide bonds. The topological polar surface area (TPSA) is 81.4 Å². The highest BCUT2D eigenvalue weighted by Crippen LogP contribution is 2.42. The summed E-state index contributed by atoms with van der Waals surface area (Å²) in [6.45, 7) is 0.528. The van der Waals surface area contributed by atoms with E-state index in [1.165, 1.54) is 0 Å². The zero-order valence-corrected chi connectivity index (χ0v) is 18.6. The third kappa shape index (κ3) is 4.22. The van der Waals surface area contributed by atoms with Crippen LogP contribution in [0.3, 0.4) is 0 Å². The predicted octanol–water partition coefficient (Wildman–Crippen LogP) is 5.59. The Bertz CT molecular complexity index is 1330. The molecule has 0 aliphatic heterocycles. The normalized spacial score (nSPS) is 13.8. The molecule has 0 spiro atoms. The highest BCUT2D eigenvalue weighted by Gasteiger charge is 2.27. The van der Waals surface area contributed by atoms with Gasteiger partial charge in [-0.25, -0.2) is 9.78 Å². The first-order chi connectivity index (χ1) is 16.6. The Morgan fingerprint density at radius 1 is 1.00 bits per heavy atom. The monoisotopic (exact) mass is 452 g/mol. The van der Waals surface area contributed by atoms with Crippen LogP contribution in [0.15, 0.2) is 85.5 Å². The van der Waals surface area contributed by atoms with Crippen molar-refractivity contribution in [3.05, 3.63) is 108 Å². The second kappa shape index (κ2) is 9.35. The van der Waals surface area contributed by atoms with Gasteiger partial charge < -0.3 is 14.4 Å². The molecule has 1 aromatic heterocycles. The van der Waals surface area contributed by atoms with Gasteiger partial charge in [0.15, 0.2) is 5.78 Å². The van der Waals surface area contributed by atoms with Crippen molar-refractivity contribution >= 4 is 11.8 Å². The smallest absolute Gasteiger partial charge is 0.336 e. The Balaban J connectivity index is 1.66. The number of carboxylic acid groups (broad SMARTS) is 1. The molecule has 1 aliphatic rings. The zero-order valence-electron chi connectivity index (χ0n) is 18.6. The molecule has 3 aromatic carbocycles. The van der Waals surface area contributed by atoms with Gasteiger partial charge >= 0.3 is 5.97 Å². The fourth-order valence-corrected chi connectivity index (χ4v) is 4.61. The van der Waals surface area contributed by atoms with Crippen molar-refractivity contribution in [1.29, 1.82) is 0 Å². The molecule has 0 saturated carbocycles. The number of carbonyl (C=O) groups excluding carboxylic acids is 1. The van der Waals surface area contributed by atoms with Crippen LogP contribution in [0, 0.1) is 0 Å². The van der Waals surface area contributed by atoms with Gasteiger partial charge in [-0.05, 0) is 42.2 Å². The van der Waals surface area contributed by atoms with Crippen molar-refractivity contribution < 1.29 is 19.4 Å². The highest BCUT2D eigenvalue weighted by atomic mass is 16.5. The van der Waals surface area contributed by atoms with E-state index in [0.717, 1.165) is 17.5 Å². The number of aromatic nitrogens is 2. The number of imidazole rings is 1. The second-order valence-electron chi connectivity index (χ2n) is 8.37. The summed E-state index contributed by atoms with van der Waals surface area (Å²) in [6.07, 6.45) is 6.93. The van der Waals surface area contributed by atoms with E-state index < -0.39 is 5.97 Å². The number of nitrogens with zero attached hydrogens (tertiary/aromatic N) is 2. The Labute approximate surface area is 197 Å². The SMILES string of the molecule is O=C(O)c1ccccc1-c1c(OC(Cn2ccnc2)c2ccccc2)ccc2c1CCCC2=O. The van der Waals surface area contributed by atoms with Crippen LogP contribution in [0.4, 0.5) is 0 Å². The third-order valence-electron chi connectivity index (χ3n) is 6.21. The minimum atomic E-state index is -1.01. The molecule has 0 saturated heterocycles. The first-order valence-corrected chi connectivity index (χ1v) is 11.3. The number of hydrogen-bond acceptors (Lipinski definition) is 4. The second-order valence-corrected chi connectivity index (χ2v) is 8.37. The molecule has 1 N–H and O–H groups in total. The lowest BCUT2D eigenvalue weighted by molar-refractivity contribution is 0.0697. The summed E-state index contributed by atoms with van der Waals surface area (Å²) in [5.41, 5.74) is 3.93. The number of ketones is 1. The van der Waals surface area contributed by atoms with Crippen molar-refractivity contribution in [3.63, 3.8) is 0 Å². The van der Waals surface area contributed by atoms with Crippen LogP contribution in [-0.4, -0.2) is 26.4 Å². The van der Waals surface area contributed by atoms with Gasteiger partial charge in [0.2, 0.25) is 0 Å². The number of aromatic carboxylic acids is 1. The van der Waals surface area contributed by atoms with Crippen LogP contribution < -0.4 is 4.74 Å². The van der Waals surface area contributed by atoms with E-state index in [4.69, 9.17) is 4.74 Å². The van der Waals surface area contributed by atoms with Gasteiger partial charge in [-0.15, -0.1) is 0 Å². The van der Waals surface area contributed by atoms with Gasteiger partial charge in [0.05, 0.1) is 18.4 Å². The van der Waals surface area contributed by atoms with Gasteiger partial charge in [0.25, 0.3) is 0 Å². The standard InChI is InChI=1S/C28H24N2O4/c31-24-12-6-11-21-20(24)13-14-25(27(21)22-9-4-5-10-23(22)28(32)33)34-26(17-30-16-15-29-18-30)19-7-2-1-3-8-19/h1-5,7-10,13-16,18,26H,6,11-12,17H2,(H,32,33). The van der Waals surface area contributed by atoms with Crippen LogP contribution in [0.1, 0.15) is 50.8 Å². The van der Waals surface area contributed by atoms with E-state index in [9.17, 15) is 14.7 Å². The van der Waals surface area contributed by atoms with E-state index in [1.54, 1.807) is 36.8 Å². The van der Waals surface area contributed by atoms with Gasteiger partial charge in [-0.3, -0.25) is 4.79 Å². The van der Waals surface area contributed by atoms with Gasteiger partial charge in [-0.2, -0.15) is 0 Å². The number of benzene rings is 3. The highest BCUT2D eigenvalue weighted by molar-refractivity contribution is 6.03. The maximum atomic E-state index is 12.7. The summed E-state index contributed by atoms with van der Waals surface area (Å²) in [7, 11) is 0. The summed E-state index contributed by atoms with van der Waals surface area (Å²) >= 11 is 0. The number of Topliss-reactive ketones (excluding diaryl/α,β-unsaturated/α-hetero) is 1. The number of fused-ring (bicyclic) bond motifs is 1. The molecule has 6 nitrogen and oxygen atoms in total. The molecule has 1 unspecified atom stereocenters. The fraction of sp³-hybridized carbons (Fsp3) is 0.179. The number of carbonyl (C=O) groups is 2. The molecule has 34 heavy (non-hydrogen) atoms. The summed E-state index contributed by atoms with van der Waals surface area (Å²) in [5.74, 6) is -0.365.